The number of carbonyl (C=O) groups is 4. The van der Waals surface area contributed by atoms with Crippen molar-refractivity contribution in [1.29, 1.82) is 0 Å². The molecule has 0 unspecified atom stereocenters. The highest BCUT2D eigenvalue weighted by Crippen LogP contribution is 2.24. The van der Waals surface area contributed by atoms with Gasteiger partial charge in [-0.1, -0.05) is 12.1 Å². The first-order valence-corrected chi connectivity index (χ1v) is 7.22. The van der Waals surface area contributed by atoms with Crippen LogP contribution >= 0.6 is 0 Å². The van der Waals surface area contributed by atoms with Crippen molar-refractivity contribution in [3.8, 4) is 0 Å². The monoisotopic (exact) mass is 336 g/mol. The van der Waals surface area contributed by atoms with Crippen molar-refractivity contribution >= 4 is 35.5 Å². The molecular formula is C18H12N2O5. The minimum absolute atomic E-state index is 0.00392. The zero-order valence-corrected chi connectivity index (χ0v) is 12.8. The van der Waals surface area contributed by atoms with E-state index in [1.165, 1.54) is 18.2 Å². The minimum atomic E-state index is -1.23. The zero-order chi connectivity index (χ0) is 18.1. The van der Waals surface area contributed by atoms with Crippen LogP contribution < -0.4 is 5.73 Å². The second-order valence-corrected chi connectivity index (χ2v) is 5.35. The van der Waals surface area contributed by atoms with Gasteiger partial charge in [-0.2, -0.15) is 0 Å². The average Bonchev–Trinajstić information content (AvgIpc) is 2.84. The van der Waals surface area contributed by atoms with Crippen LogP contribution in [-0.2, 0) is 4.79 Å². The Morgan fingerprint density at radius 3 is 2.24 bits per heavy atom. The van der Waals surface area contributed by atoms with Crippen molar-refractivity contribution in [2.75, 3.05) is 5.73 Å². The topological polar surface area (TPSA) is 118 Å². The normalized spacial score (nSPS) is 13.4. The standard InChI is InChI=1S/C18H12N2O5/c19-12-5-1-10(2-6-12)3-8-15(21)20-16(22)13-7-4-11(18(24)25)9-14(13)17(20)23/h1-9H,19H2,(H,24,25)/b8-3+. The summed E-state index contributed by atoms with van der Waals surface area (Å²) in [6.07, 6.45) is 2.55. The number of carboxylic acid groups (broad SMARTS) is 1. The van der Waals surface area contributed by atoms with Crippen LogP contribution in [0.1, 0.15) is 36.6 Å². The van der Waals surface area contributed by atoms with E-state index in [9.17, 15) is 19.2 Å². The number of benzene rings is 2. The zero-order valence-electron chi connectivity index (χ0n) is 12.8. The quantitative estimate of drug-likeness (QED) is 0.501. The molecule has 2 aromatic rings. The molecule has 124 valence electrons. The maximum Gasteiger partial charge on any atom is 0.335 e. The Hall–Kier alpha value is -3.74. The van der Waals surface area contributed by atoms with E-state index in [0.29, 0.717) is 16.2 Å². The van der Waals surface area contributed by atoms with Gasteiger partial charge in [-0.15, -0.1) is 0 Å². The summed E-state index contributed by atoms with van der Waals surface area (Å²) in [5, 5.41) is 8.98. The molecule has 7 nitrogen and oxygen atoms in total. The fourth-order valence-electron chi connectivity index (χ4n) is 2.42. The SMILES string of the molecule is Nc1ccc(/C=C/C(=O)N2C(=O)c3ccc(C(=O)O)cc3C2=O)cc1. The fourth-order valence-corrected chi connectivity index (χ4v) is 2.42. The van der Waals surface area contributed by atoms with Crippen LogP contribution in [0.25, 0.3) is 6.08 Å². The maximum absolute atomic E-state index is 12.3. The Morgan fingerprint density at radius 1 is 0.960 bits per heavy atom. The van der Waals surface area contributed by atoms with Crippen LogP contribution in [0.2, 0.25) is 0 Å². The van der Waals surface area contributed by atoms with Crippen LogP contribution in [0.15, 0.2) is 48.5 Å². The largest absolute Gasteiger partial charge is 0.478 e. The third kappa shape index (κ3) is 2.90. The van der Waals surface area contributed by atoms with Gasteiger partial charge in [-0.05, 0) is 42.0 Å². The Kier molecular flexibility index (Phi) is 3.90. The number of anilines is 1. The highest BCUT2D eigenvalue weighted by molar-refractivity contribution is 6.30. The molecule has 0 saturated carbocycles. The van der Waals surface area contributed by atoms with Gasteiger partial charge in [0, 0.05) is 11.8 Å². The Bertz CT molecular complexity index is 944. The van der Waals surface area contributed by atoms with Crippen molar-refractivity contribution in [3.63, 3.8) is 0 Å². The lowest BCUT2D eigenvalue weighted by atomic mass is 10.1. The number of imide groups is 3. The molecule has 2 aromatic carbocycles. The molecule has 0 saturated heterocycles. The van der Waals surface area contributed by atoms with Gasteiger partial charge in [-0.25, -0.2) is 9.69 Å². The number of carbonyl (C=O) groups excluding carboxylic acids is 3. The van der Waals surface area contributed by atoms with Gasteiger partial charge < -0.3 is 10.8 Å². The van der Waals surface area contributed by atoms with Crippen molar-refractivity contribution in [2.24, 2.45) is 0 Å². The van der Waals surface area contributed by atoms with Crippen molar-refractivity contribution < 1.29 is 24.3 Å². The molecule has 1 aliphatic rings. The lowest BCUT2D eigenvalue weighted by molar-refractivity contribution is -0.121. The summed E-state index contributed by atoms with van der Waals surface area (Å²) in [5.74, 6) is -3.64. The van der Waals surface area contributed by atoms with Gasteiger partial charge in [-0.3, -0.25) is 14.4 Å². The second kappa shape index (κ2) is 6.04. The van der Waals surface area contributed by atoms with Crippen molar-refractivity contribution in [3.05, 3.63) is 70.8 Å². The minimum Gasteiger partial charge on any atom is -0.478 e. The number of nitrogen functional groups attached to an aromatic ring is 1. The van der Waals surface area contributed by atoms with E-state index in [4.69, 9.17) is 10.8 Å². The number of hydrogen-bond donors (Lipinski definition) is 2. The summed E-state index contributed by atoms with van der Waals surface area (Å²) in [5.41, 5.74) is 6.58. The van der Waals surface area contributed by atoms with Gasteiger partial charge in [0.05, 0.1) is 16.7 Å². The van der Waals surface area contributed by atoms with Gasteiger partial charge in [0.15, 0.2) is 0 Å². The molecule has 3 amide bonds. The van der Waals surface area contributed by atoms with E-state index in [1.54, 1.807) is 24.3 Å². The molecule has 0 spiro atoms. The van der Waals surface area contributed by atoms with Crippen molar-refractivity contribution in [1.82, 2.24) is 4.90 Å². The van der Waals surface area contributed by atoms with E-state index in [1.807, 2.05) is 0 Å². The highest BCUT2D eigenvalue weighted by atomic mass is 16.4. The molecule has 3 N–H and O–H groups in total. The third-order valence-electron chi connectivity index (χ3n) is 3.71. The van der Waals surface area contributed by atoms with E-state index in [0.717, 1.165) is 12.1 Å². The Morgan fingerprint density at radius 2 is 1.60 bits per heavy atom. The molecule has 0 atom stereocenters. The van der Waals surface area contributed by atoms with Crippen LogP contribution in [0.3, 0.4) is 0 Å². The third-order valence-corrected chi connectivity index (χ3v) is 3.71. The first-order valence-electron chi connectivity index (χ1n) is 7.22. The summed E-state index contributed by atoms with van der Waals surface area (Å²) < 4.78 is 0. The molecule has 0 bridgehead atoms. The predicted octanol–water partition coefficient (Wildman–Crippen LogP) is 1.80. The van der Waals surface area contributed by atoms with E-state index < -0.39 is 23.7 Å². The van der Waals surface area contributed by atoms with Crippen LogP contribution in [0, 0.1) is 0 Å². The summed E-state index contributed by atoms with van der Waals surface area (Å²) >= 11 is 0. The molecule has 0 radical (unpaired) electrons. The molecule has 3 rings (SSSR count). The van der Waals surface area contributed by atoms with Crippen LogP contribution in [0.5, 0.6) is 0 Å². The lowest BCUT2D eigenvalue weighted by Crippen LogP contribution is -2.34. The number of carboxylic acids is 1. The second-order valence-electron chi connectivity index (χ2n) is 5.35. The number of nitrogens with two attached hydrogens (primary N) is 1. The van der Waals surface area contributed by atoms with Gasteiger partial charge in [0.2, 0.25) is 0 Å². The number of nitrogens with zero attached hydrogens (tertiary/aromatic N) is 1. The van der Waals surface area contributed by atoms with E-state index in [-0.39, 0.29) is 16.7 Å². The molecule has 7 heteroatoms. The number of aromatic carboxylic acids is 1. The molecule has 1 heterocycles. The van der Waals surface area contributed by atoms with Gasteiger partial charge >= 0.3 is 5.97 Å². The molecule has 1 aliphatic heterocycles. The van der Waals surface area contributed by atoms with Gasteiger partial charge in [0.1, 0.15) is 0 Å². The Balaban J connectivity index is 1.86. The lowest BCUT2D eigenvalue weighted by Gasteiger charge is -2.08. The summed E-state index contributed by atoms with van der Waals surface area (Å²) in [7, 11) is 0. The van der Waals surface area contributed by atoms with Crippen LogP contribution in [-0.4, -0.2) is 33.7 Å². The number of fused-ring (bicyclic) bond motifs is 1. The Labute approximate surface area is 142 Å². The molecule has 0 aliphatic carbocycles. The first kappa shape index (κ1) is 16.1. The molecular weight excluding hydrogens is 324 g/mol. The predicted molar refractivity (Wildman–Crippen MR) is 88.8 cm³/mol. The fraction of sp³-hybridized carbons (Fsp3) is 0. The van der Waals surface area contributed by atoms with E-state index >= 15 is 0 Å². The maximum atomic E-state index is 12.3. The highest BCUT2D eigenvalue weighted by Gasteiger charge is 2.39. The smallest absolute Gasteiger partial charge is 0.335 e. The molecule has 0 fully saturated rings. The molecule has 25 heavy (non-hydrogen) atoms. The number of rotatable bonds is 3. The summed E-state index contributed by atoms with van der Waals surface area (Å²) in [6, 6.07) is 10.2. The number of hydrogen-bond acceptors (Lipinski definition) is 5. The molecule has 0 aromatic heterocycles. The summed E-state index contributed by atoms with van der Waals surface area (Å²) in [6.45, 7) is 0. The van der Waals surface area contributed by atoms with Gasteiger partial charge in [0.25, 0.3) is 17.7 Å². The average molecular weight is 336 g/mol. The number of amides is 3. The first-order chi connectivity index (χ1) is 11.9. The van der Waals surface area contributed by atoms with Crippen molar-refractivity contribution in [2.45, 2.75) is 0 Å². The van der Waals surface area contributed by atoms with Crippen LogP contribution in [0.4, 0.5) is 5.69 Å². The summed E-state index contributed by atoms with van der Waals surface area (Å²) in [4.78, 5) is 48.3. The van der Waals surface area contributed by atoms with E-state index in [2.05, 4.69) is 0 Å².